The summed E-state index contributed by atoms with van der Waals surface area (Å²) < 4.78 is 33.7. The van der Waals surface area contributed by atoms with Crippen LogP contribution in [0.3, 0.4) is 0 Å². The number of carbonyl (C=O) groups is 1. The molecule has 0 radical (unpaired) electrons. The Morgan fingerprint density at radius 1 is 0.688 bits per heavy atom. The summed E-state index contributed by atoms with van der Waals surface area (Å²) in [5, 5.41) is 1.46. The van der Waals surface area contributed by atoms with Crippen molar-refractivity contribution < 1.29 is 17.8 Å². The number of rotatable bonds is 16. The highest BCUT2D eigenvalue weighted by atomic mass is 32.2. The zero-order chi connectivity index (χ0) is 23.7. The molecular weight excluding hydrogens is 420 g/mol. The number of carbonyl (C=O) groups excluding carboxylic acids is 1. The summed E-state index contributed by atoms with van der Waals surface area (Å²) in [7, 11) is -4.23. The predicted octanol–water partition coefficient (Wildman–Crippen LogP) is 7.93. The summed E-state index contributed by atoms with van der Waals surface area (Å²) in [6, 6.07) is 11.1. The molecule has 5 heteroatoms. The van der Waals surface area contributed by atoms with E-state index in [0.717, 1.165) is 23.8 Å². The maximum atomic E-state index is 12.0. The largest absolute Gasteiger partial charge is 0.307 e. The summed E-state index contributed by atoms with van der Waals surface area (Å²) in [6.07, 6.45) is 18.9. The van der Waals surface area contributed by atoms with Gasteiger partial charge >= 0.3 is 0 Å². The molecule has 0 aliphatic heterocycles. The van der Waals surface area contributed by atoms with Crippen molar-refractivity contribution in [2.45, 2.75) is 108 Å². The van der Waals surface area contributed by atoms with Gasteiger partial charge in [-0.05, 0) is 23.8 Å². The highest BCUT2D eigenvalue weighted by Crippen LogP contribution is 2.28. The van der Waals surface area contributed by atoms with Crippen LogP contribution >= 0.6 is 0 Å². The molecule has 0 saturated carbocycles. The minimum absolute atomic E-state index is 0.0929. The van der Waals surface area contributed by atoms with Gasteiger partial charge in [-0.1, -0.05) is 127 Å². The molecule has 2 aromatic rings. The summed E-state index contributed by atoms with van der Waals surface area (Å²) in [5.41, 5.74) is 0.732. The molecule has 0 aromatic heterocycles. The van der Waals surface area contributed by atoms with E-state index in [9.17, 15) is 13.0 Å². The van der Waals surface area contributed by atoms with Crippen LogP contribution in [0.25, 0.3) is 10.8 Å². The van der Waals surface area contributed by atoms with Gasteiger partial charge in [-0.15, -0.1) is 0 Å². The van der Waals surface area contributed by atoms with Crippen LogP contribution in [0.5, 0.6) is 0 Å². The maximum absolute atomic E-state index is 12.0. The third-order valence-electron chi connectivity index (χ3n) is 6.02. The Morgan fingerprint density at radius 2 is 1.16 bits per heavy atom. The van der Waals surface area contributed by atoms with Gasteiger partial charge in [0.1, 0.15) is 11.7 Å². The lowest BCUT2D eigenvalue weighted by atomic mass is 10.0. The van der Waals surface area contributed by atoms with Crippen LogP contribution in [0, 0.1) is 0 Å². The monoisotopic (exact) mass is 462 g/mol. The first kappa shape index (κ1) is 28.3. The zero-order valence-electron chi connectivity index (χ0n) is 19.9. The lowest BCUT2D eigenvalue weighted by Crippen LogP contribution is -2.04. The van der Waals surface area contributed by atoms with Crippen LogP contribution in [0.15, 0.2) is 41.3 Å². The van der Waals surface area contributed by atoms with Crippen LogP contribution in [0.1, 0.15) is 102 Å². The first-order chi connectivity index (χ1) is 15.5. The van der Waals surface area contributed by atoms with E-state index in [-0.39, 0.29) is 4.90 Å². The highest BCUT2D eigenvalue weighted by Gasteiger charge is 2.18. The van der Waals surface area contributed by atoms with E-state index in [1.54, 1.807) is 6.07 Å². The Hall–Kier alpha value is -1.72. The maximum Gasteiger partial charge on any atom is 0.295 e. The second kappa shape index (κ2) is 16.8. The Kier molecular flexibility index (Phi) is 14.9. The quantitative estimate of drug-likeness (QED) is 0.203. The summed E-state index contributed by atoms with van der Waals surface area (Å²) in [4.78, 5) is 8.09. The standard InChI is InChI=1S/C26H40O3S.CH2O/c1-2-3-4-5-6-7-8-9-10-11-12-13-14-15-19-24-22-21-23-18-16-17-20-25(23)26(24)30(27,28)29;1-2/h16-18,20-22H,2-15,19H2,1H3,(H,27,28,29);1H2. The number of benzene rings is 2. The molecule has 180 valence electrons. The molecule has 1 N–H and O–H groups in total. The molecule has 0 spiro atoms. The molecule has 0 fully saturated rings. The molecule has 2 rings (SSSR count). The number of hydrogen-bond acceptors (Lipinski definition) is 3. The lowest BCUT2D eigenvalue weighted by Gasteiger charge is -2.11. The van der Waals surface area contributed by atoms with Crippen molar-refractivity contribution in [1.29, 1.82) is 0 Å². The molecule has 0 amide bonds. The number of unbranched alkanes of at least 4 members (excludes halogenated alkanes) is 13. The summed E-state index contributed by atoms with van der Waals surface area (Å²) in [6.45, 7) is 4.26. The van der Waals surface area contributed by atoms with Crippen molar-refractivity contribution in [3.8, 4) is 0 Å². The third-order valence-corrected chi connectivity index (χ3v) is 7.02. The SMILES string of the molecule is C=O.CCCCCCCCCCCCCCCCc1ccc2ccccc2c1S(=O)(=O)O. The molecule has 0 aliphatic rings. The smallest absolute Gasteiger partial charge is 0.295 e. The van der Waals surface area contributed by atoms with Gasteiger partial charge in [-0.2, -0.15) is 8.42 Å². The predicted molar refractivity (Wildman–Crippen MR) is 135 cm³/mol. The summed E-state index contributed by atoms with van der Waals surface area (Å²) >= 11 is 0. The van der Waals surface area contributed by atoms with E-state index in [1.165, 1.54) is 77.0 Å². The fourth-order valence-electron chi connectivity index (χ4n) is 4.30. The number of fused-ring (bicyclic) bond motifs is 1. The molecule has 0 aliphatic carbocycles. The molecule has 0 unspecified atom stereocenters. The Morgan fingerprint density at radius 3 is 1.66 bits per heavy atom. The van der Waals surface area contributed by atoms with Gasteiger partial charge in [-0.25, -0.2) is 0 Å². The van der Waals surface area contributed by atoms with Crippen molar-refractivity contribution in [3.05, 3.63) is 42.0 Å². The van der Waals surface area contributed by atoms with Crippen LogP contribution in [-0.2, 0) is 21.3 Å². The number of aryl methyl sites for hydroxylation is 1. The van der Waals surface area contributed by atoms with Crippen LogP contribution < -0.4 is 0 Å². The lowest BCUT2D eigenvalue weighted by molar-refractivity contribution is -0.0980. The van der Waals surface area contributed by atoms with Crippen molar-refractivity contribution in [3.63, 3.8) is 0 Å². The van der Waals surface area contributed by atoms with Gasteiger partial charge in [-0.3, -0.25) is 4.55 Å². The Balaban J connectivity index is 0.00000249. The van der Waals surface area contributed by atoms with E-state index in [0.29, 0.717) is 11.8 Å². The molecule has 2 aromatic carbocycles. The van der Waals surface area contributed by atoms with Gasteiger partial charge in [0.05, 0.1) is 0 Å². The van der Waals surface area contributed by atoms with E-state index in [2.05, 4.69) is 6.92 Å². The zero-order valence-corrected chi connectivity index (χ0v) is 20.7. The van der Waals surface area contributed by atoms with Gasteiger partial charge in [0.2, 0.25) is 0 Å². The van der Waals surface area contributed by atoms with Crippen LogP contribution in [-0.4, -0.2) is 19.8 Å². The highest BCUT2D eigenvalue weighted by molar-refractivity contribution is 7.86. The fourth-order valence-corrected chi connectivity index (χ4v) is 5.26. The topological polar surface area (TPSA) is 71.4 Å². The first-order valence-electron chi connectivity index (χ1n) is 12.3. The van der Waals surface area contributed by atoms with Gasteiger partial charge < -0.3 is 4.79 Å². The van der Waals surface area contributed by atoms with Gasteiger partial charge in [0.15, 0.2) is 0 Å². The second-order valence-corrected chi connectivity index (χ2v) is 9.95. The van der Waals surface area contributed by atoms with E-state index in [1.807, 2.05) is 37.1 Å². The second-order valence-electron chi connectivity index (χ2n) is 8.60. The van der Waals surface area contributed by atoms with Gasteiger partial charge in [0.25, 0.3) is 10.1 Å². The number of hydrogen-bond donors (Lipinski definition) is 1. The van der Waals surface area contributed by atoms with E-state index < -0.39 is 10.1 Å². The molecule has 32 heavy (non-hydrogen) atoms. The normalized spacial score (nSPS) is 11.3. The summed E-state index contributed by atoms with van der Waals surface area (Å²) in [5.74, 6) is 0. The average Bonchev–Trinajstić information content (AvgIpc) is 2.79. The van der Waals surface area contributed by atoms with E-state index >= 15 is 0 Å². The van der Waals surface area contributed by atoms with Gasteiger partial charge in [0, 0.05) is 5.39 Å². The average molecular weight is 463 g/mol. The molecular formula is C27H42O4S. The first-order valence-corrected chi connectivity index (χ1v) is 13.7. The Labute approximate surface area is 195 Å². The molecule has 0 atom stereocenters. The third kappa shape index (κ3) is 10.7. The minimum Gasteiger partial charge on any atom is -0.307 e. The minimum atomic E-state index is -4.23. The van der Waals surface area contributed by atoms with Crippen molar-refractivity contribution in [2.75, 3.05) is 0 Å². The molecule has 0 heterocycles. The van der Waals surface area contributed by atoms with Crippen molar-refractivity contribution in [2.24, 2.45) is 0 Å². The molecule has 0 bridgehead atoms. The van der Waals surface area contributed by atoms with Crippen LogP contribution in [0.4, 0.5) is 0 Å². The van der Waals surface area contributed by atoms with Crippen LogP contribution in [0.2, 0.25) is 0 Å². The molecule has 0 saturated heterocycles. The van der Waals surface area contributed by atoms with Crippen molar-refractivity contribution in [1.82, 2.24) is 0 Å². The Bertz CT molecular complexity index is 861. The van der Waals surface area contributed by atoms with E-state index in [4.69, 9.17) is 4.79 Å². The fraction of sp³-hybridized carbons (Fsp3) is 0.593. The van der Waals surface area contributed by atoms with Crippen molar-refractivity contribution >= 4 is 27.7 Å². The molecule has 4 nitrogen and oxygen atoms in total.